The summed E-state index contributed by atoms with van der Waals surface area (Å²) in [4.78, 5) is 0. The van der Waals surface area contributed by atoms with Gasteiger partial charge in [0.05, 0.1) is 6.61 Å². The van der Waals surface area contributed by atoms with Crippen molar-refractivity contribution in [3.8, 4) is 0 Å². The molecule has 0 aliphatic rings. The lowest BCUT2D eigenvalue weighted by Gasteiger charge is -2.08. The minimum atomic E-state index is -2.40. The van der Waals surface area contributed by atoms with Crippen molar-refractivity contribution in [2.24, 2.45) is 0 Å². The van der Waals surface area contributed by atoms with Crippen molar-refractivity contribution in [3.63, 3.8) is 0 Å². The van der Waals surface area contributed by atoms with Crippen LogP contribution >= 0.6 is 0 Å². The summed E-state index contributed by atoms with van der Waals surface area (Å²) >= 11 is 0. The number of rotatable bonds is 6. The highest BCUT2D eigenvalue weighted by molar-refractivity contribution is 5.85. The second-order valence-corrected chi connectivity index (χ2v) is 3.95. The van der Waals surface area contributed by atoms with E-state index in [1.54, 1.807) is 0 Å². The molecular weight excluding hydrogens is 236 g/mol. The summed E-state index contributed by atoms with van der Waals surface area (Å²) in [6.45, 7) is 0.293. The molecule has 2 rings (SSSR count). The first-order chi connectivity index (χ1) is 8.75. The third kappa shape index (κ3) is 3.67. The van der Waals surface area contributed by atoms with E-state index in [1.807, 2.05) is 42.5 Å². The molecule has 2 nitrogen and oxygen atoms in total. The lowest BCUT2D eigenvalue weighted by Crippen LogP contribution is -2.12. The summed E-state index contributed by atoms with van der Waals surface area (Å²) in [5.41, 5.74) is 0.967. The highest BCUT2D eigenvalue weighted by Gasteiger charge is 2.01. The van der Waals surface area contributed by atoms with E-state index >= 15 is 0 Å². The van der Waals surface area contributed by atoms with Crippen LogP contribution in [-0.2, 0) is 4.74 Å². The van der Waals surface area contributed by atoms with Gasteiger partial charge in [-0.15, -0.1) is 0 Å². The lowest BCUT2D eigenvalue weighted by molar-refractivity contribution is 0.0215. The smallest absolute Gasteiger partial charge is 0.261 e. The number of halogens is 2. The van der Waals surface area contributed by atoms with Crippen LogP contribution in [0.3, 0.4) is 0 Å². The van der Waals surface area contributed by atoms with Crippen molar-refractivity contribution >= 4 is 16.5 Å². The fourth-order valence-electron chi connectivity index (χ4n) is 1.74. The van der Waals surface area contributed by atoms with Gasteiger partial charge in [-0.25, -0.2) is 8.78 Å². The van der Waals surface area contributed by atoms with Crippen molar-refractivity contribution < 1.29 is 13.5 Å². The number of alkyl halides is 2. The Morgan fingerprint density at radius 1 is 1.06 bits per heavy atom. The molecule has 0 spiro atoms. The van der Waals surface area contributed by atoms with Gasteiger partial charge in [0.1, 0.15) is 6.61 Å². The quantitative estimate of drug-likeness (QED) is 0.793. The predicted molar refractivity (Wildman–Crippen MR) is 69.3 cm³/mol. The Hall–Kier alpha value is -1.68. The van der Waals surface area contributed by atoms with Crippen molar-refractivity contribution in [1.29, 1.82) is 0 Å². The summed E-state index contributed by atoms with van der Waals surface area (Å²) < 4.78 is 28.4. The van der Waals surface area contributed by atoms with E-state index in [0.29, 0.717) is 6.54 Å². The molecule has 0 unspecified atom stereocenters. The van der Waals surface area contributed by atoms with Crippen molar-refractivity contribution in [2.45, 2.75) is 6.43 Å². The molecule has 1 N–H and O–H groups in total. The standard InChI is InChI=1S/C14H15F2NO/c15-14(16)10-18-8-7-17-13-6-5-11-3-1-2-4-12(11)9-13/h1-6,9,14,17H,7-8,10H2. The summed E-state index contributed by atoms with van der Waals surface area (Å²) in [5, 5.41) is 5.47. The SMILES string of the molecule is FC(F)COCCNc1ccc2ccccc2c1. The number of fused-ring (bicyclic) bond motifs is 1. The van der Waals surface area contributed by atoms with E-state index < -0.39 is 13.0 Å². The Labute approximate surface area is 105 Å². The van der Waals surface area contributed by atoms with Gasteiger partial charge < -0.3 is 10.1 Å². The van der Waals surface area contributed by atoms with Crippen LogP contribution in [0.5, 0.6) is 0 Å². The molecule has 0 atom stereocenters. The second kappa shape index (κ2) is 6.31. The predicted octanol–water partition coefficient (Wildman–Crippen LogP) is 3.53. The molecule has 0 radical (unpaired) electrons. The number of anilines is 1. The molecule has 0 saturated carbocycles. The second-order valence-electron chi connectivity index (χ2n) is 3.95. The first kappa shape index (κ1) is 12.8. The molecule has 0 aliphatic carbocycles. The van der Waals surface area contributed by atoms with E-state index in [9.17, 15) is 8.78 Å². The van der Waals surface area contributed by atoms with Crippen LogP contribution in [0.4, 0.5) is 14.5 Å². The van der Waals surface area contributed by atoms with E-state index in [0.717, 1.165) is 11.1 Å². The Morgan fingerprint density at radius 3 is 2.61 bits per heavy atom. The molecule has 18 heavy (non-hydrogen) atoms. The number of ether oxygens (including phenoxy) is 1. The van der Waals surface area contributed by atoms with E-state index in [2.05, 4.69) is 5.32 Å². The first-order valence-corrected chi connectivity index (χ1v) is 5.84. The summed E-state index contributed by atoms with van der Waals surface area (Å²) in [6, 6.07) is 14.1. The van der Waals surface area contributed by atoms with E-state index in [-0.39, 0.29) is 6.61 Å². The zero-order chi connectivity index (χ0) is 12.8. The number of hydrogen-bond acceptors (Lipinski definition) is 2. The van der Waals surface area contributed by atoms with Crippen LogP contribution in [0.1, 0.15) is 0 Å². The molecule has 4 heteroatoms. The summed E-state index contributed by atoms with van der Waals surface area (Å²) in [7, 11) is 0. The van der Waals surface area contributed by atoms with Gasteiger partial charge in [-0.3, -0.25) is 0 Å². The fourth-order valence-corrected chi connectivity index (χ4v) is 1.74. The van der Waals surface area contributed by atoms with Crippen LogP contribution in [-0.4, -0.2) is 26.2 Å². The molecule has 0 saturated heterocycles. The lowest BCUT2D eigenvalue weighted by atomic mass is 10.1. The molecule has 0 fully saturated rings. The van der Waals surface area contributed by atoms with Gasteiger partial charge in [0, 0.05) is 12.2 Å². The van der Waals surface area contributed by atoms with Crippen molar-refractivity contribution in [2.75, 3.05) is 25.1 Å². The zero-order valence-electron chi connectivity index (χ0n) is 9.90. The minimum absolute atomic E-state index is 0.275. The maximum Gasteiger partial charge on any atom is 0.261 e. The normalized spacial score (nSPS) is 11.1. The Kier molecular flexibility index (Phi) is 4.47. The molecule has 2 aromatic carbocycles. The van der Waals surface area contributed by atoms with Crippen molar-refractivity contribution in [3.05, 3.63) is 42.5 Å². The summed E-state index contributed by atoms with van der Waals surface area (Å²) in [5.74, 6) is 0. The first-order valence-electron chi connectivity index (χ1n) is 5.84. The summed E-state index contributed by atoms with van der Waals surface area (Å²) in [6.07, 6.45) is -2.40. The highest BCUT2D eigenvalue weighted by Crippen LogP contribution is 2.18. The van der Waals surface area contributed by atoms with Crippen LogP contribution in [0.25, 0.3) is 10.8 Å². The maximum atomic E-state index is 11.8. The Bertz CT molecular complexity index is 502. The molecule has 96 valence electrons. The van der Waals surface area contributed by atoms with Gasteiger partial charge in [-0.2, -0.15) is 0 Å². The van der Waals surface area contributed by atoms with E-state index in [4.69, 9.17) is 4.74 Å². The molecule has 0 aromatic heterocycles. The zero-order valence-corrected chi connectivity index (χ0v) is 9.90. The number of nitrogens with one attached hydrogen (secondary N) is 1. The maximum absolute atomic E-state index is 11.8. The van der Waals surface area contributed by atoms with Gasteiger partial charge in [0.15, 0.2) is 0 Å². The third-order valence-electron chi connectivity index (χ3n) is 2.57. The highest BCUT2D eigenvalue weighted by atomic mass is 19.3. The van der Waals surface area contributed by atoms with Crippen LogP contribution in [0.2, 0.25) is 0 Å². The van der Waals surface area contributed by atoms with E-state index in [1.165, 1.54) is 5.39 Å². The number of benzene rings is 2. The van der Waals surface area contributed by atoms with Gasteiger partial charge in [0.2, 0.25) is 0 Å². The Balaban J connectivity index is 1.84. The van der Waals surface area contributed by atoms with Gasteiger partial charge in [-0.05, 0) is 22.9 Å². The topological polar surface area (TPSA) is 21.3 Å². The molecule has 0 heterocycles. The largest absolute Gasteiger partial charge is 0.383 e. The van der Waals surface area contributed by atoms with Gasteiger partial charge in [0.25, 0.3) is 6.43 Å². The molecule has 0 bridgehead atoms. The van der Waals surface area contributed by atoms with Gasteiger partial charge in [-0.1, -0.05) is 30.3 Å². The van der Waals surface area contributed by atoms with Crippen molar-refractivity contribution in [1.82, 2.24) is 0 Å². The van der Waals surface area contributed by atoms with Crippen LogP contribution in [0.15, 0.2) is 42.5 Å². The average molecular weight is 251 g/mol. The van der Waals surface area contributed by atoms with Crippen LogP contribution in [0, 0.1) is 0 Å². The molecule has 2 aromatic rings. The monoisotopic (exact) mass is 251 g/mol. The number of hydrogen-bond donors (Lipinski definition) is 1. The molecular formula is C14H15F2NO. The third-order valence-corrected chi connectivity index (χ3v) is 2.57. The van der Waals surface area contributed by atoms with Crippen LogP contribution < -0.4 is 5.32 Å². The average Bonchev–Trinajstić information content (AvgIpc) is 2.38. The molecule has 0 aliphatic heterocycles. The molecule has 0 amide bonds. The fraction of sp³-hybridized carbons (Fsp3) is 0.286. The van der Waals surface area contributed by atoms with Gasteiger partial charge >= 0.3 is 0 Å². The Morgan fingerprint density at radius 2 is 1.83 bits per heavy atom. The minimum Gasteiger partial charge on any atom is -0.383 e.